The number of nitrogens with one attached hydrogen (secondary N) is 2. The number of aryl methyl sites for hydroxylation is 1. The Bertz CT molecular complexity index is 579. The maximum atomic E-state index is 12.1. The highest BCUT2D eigenvalue weighted by Crippen LogP contribution is 2.20. The highest BCUT2D eigenvalue weighted by molar-refractivity contribution is 7.11. The van der Waals surface area contributed by atoms with E-state index in [2.05, 4.69) is 27.5 Å². The first-order valence-corrected chi connectivity index (χ1v) is 7.35. The zero-order valence-corrected chi connectivity index (χ0v) is 12.6. The summed E-state index contributed by atoms with van der Waals surface area (Å²) in [4.78, 5) is 21.8. The molecule has 1 atom stereocenters. The first-order valence-electron chi connectivity index (χ1n) is 6.53. The molecular formula is C14H18N4OS. The second-order valence-corrected chi connectivity index (χ2v) is 5.54. The van der Waals surface area contributed by atoms with Crippen LogP contribution in [0.3, 0.4) is 0 Å². The summed E-state index contributed by atoms with van der Waals surface area (Å²) in [5.74, 6) is -0.187. The molecule has 0 saturated heterocycles. The predicted octanol–water partition coefficient (Wildman–Crippen LogP) is 2.63. The van der Waals surface area contributed by atoms with E-state index in [1.807, 2.05) is 26.2 Å². The van der Waals surface area contributed by atoms with E-state index in [0.29, 0.717) is 5.69 Å². The van der Waals surface area contributed by atoms with Gasteiger partial charge in [0.1, 0.15) is 10.7 Å². The SMILES string of the molecule is CCc1cnc(C(C)NC(=O)c2ccc(NC)cn2)s1. The van der Waals surface area contributed by atoms with Crippen LogP contribution in [0.15, 0.2) is 24.5 Å². The first-order chi connectivity index (χ1) is 9.63. The van der Waals surface area contributed by atoms with Crippen LogP contribution in [0, 0.1) is 0 Å². The minimum Gasteiger partial charge on any atom is -0.387 e. The van der Waals surface area contributed by atoms with Crippen molar-refractivity contribution in [1.29, 1.82) is 0 Å². The molecule has 20 heavy (non-hydrogen) atoms. The Hall–Kier alpha value is -1.95. The van der Waals surface area contributed by atoms with Crippen LogP contribution in [0.25, 0.3) is 0 Å². The number of hydrogen-bond donors (Lipinski definition) is 2. The molecule has 0 bridgehead atoms. The summed E-state index contributed by atoms with van der Waals surface area (Å²) in [6.45, 7) is 4.02. The third-order valence-electron chi connectivity index (χ3n) is 2.92. The zero-order valence-electron chi connectivity index (χ0n) is 11.8. The Morgan fingerprint density at radius 1 is 1.35 bits per heavy atom. The molecule has 0 radical (unpaired) electrons. The monoisotopic (exact) mass is 290 g/mol. The van der Waals surface area contributed by atoms with Gasteiger partial charge in [0.05, 0.1) is 17.9 Å². The molecule has 2 rings (SSSR count). The lowest BCUT2D eigenvalue weighted by molar-refractivity contribution is 0.0935. The average molecular weight is 290 g/mol. The summed E-state index contributed by atoms with van der Waals surface area (Å²) in [6.07, 6.45) is 4.46. The van der Waals surface area contributed by atoms with Crippen LogP contribution < -0.4 is 10.6 Å². The second-order valence-electron chi connectivity index (χ2n) is 4.40. The number of carbonyl (C=O) groups is 1. The van der Waals surface area contributed by atoms with E-state index in [4.69, 9.17) is 0 Å². The molecule has 2 heterocycles. The number of pyridine rings is 1. The van der Waals surface area contributed by atoms with Gasteiger partial charge in [0.25, 0.3) is 5.91 Å². The highest BCUT2D eigenvalue weighted by atomic mass is 32.1. The molecule has 0 fully saturated rings. The molecule has 5 nitrogen and oxygen atoms in total. The number of nitrogens with zero attached hydrogens (tertiary/aromatic N) is 2. The van der Waals surface area contributed by atoms with Crippen molar-refractivity contribution in [2.45, 2.75) is 26.3 Å². The highest BCUT2D eigenvalue weighted by Gasteiger charge is 2.15. The molecular weight excluding hydrogens is 272 g/mol. The molecule has 6 heteroatoms. The van der Waals surface area contributed by atoms with Crippen molar-refractivity contribution >= 4 is 22.9 Å². The summed E-state index contributed by atoms with van der Waals surface area (Å²) < 4.78 is 0. The quantitative estimate of drug-likeness (QED) is 0.888. The fraction of sp³-hybridized carbons (Fsp3) is 0.357. The fourth-order valence-electron chi connectivity index (χ4n) is 1.69. The lowest BCUT2D eigenvalue weighted by Crippen LogP contribution is -2.27. The fourth-order valence-corrected chi connectivity index (χ4v) is 2.55. The molecule has 0 aliphatic carbocycles. The number of hydrogen-bond acceptors (Lipinski definition) is 5. The van der Waals surface area contributed by atoms with Crippen molar-refractivity contribution in [3.05, 3.63) is 40.1 Å². The minimum absolute atomic E-state index is 0.112. The standard InChI is InChI=1S/C14H18N4OS/c1-4-11-8-17-14(20-11)9(2)18-13(19)12-6-5-10(15-3)7-16-12/h5-9,15H,4H2,1-3H3,(H,18,19). The summed E-state index contributed by atoms with van der Waals surface area (Å²) in [5, 5.41) is 6.80. The molecule has 0 spiro atoms. The molecule has 2 aromatic heterocycles. The van der Waals surface area contributed by atoms with Gasteiger partial charge in [0.15, 0.2) is 0 Å². The van der Waals surface area contributed by atoms with E-state index >= 15 is 0 Å². The van der Waals surface area contributed by atoms with Gasteiger partial charge in [-0.3, -0.25) is 4.79 Å². The smallest absolute Gasteiger partial charge is 0.270 e. The van der Waals surface area contributed by atoms with Crippen molar-refractivity contribution < 1.29 is 4.79 Å². The molecule has 0 aliphatic heterocycles. The number of aromatic nitrogens is 2. The minimum atomic E-state index is -0.187. The van der Waals surface area contributed by atoms with Crippen molar-refractivity contribution in [2.75, 3.05) is 12.4 Å². The van der Waals surface area contributed by atoms with Crippen molar-refractivity contribution in [3.63, 3.8) is 0 Å². The van der Waals surface area contributed by atoms with E-state index in [-0.39, 0.29) is 11.9 Å². The van der Waals surface area contributed by atoms with Gasteiger partial charge < -0.3 is 10.6 Å². The van der Waals surface area contributed by atoms with Gasteiger partial charge in [0.2, 0.25) is 0 Å². The van der Waals surface area contributed by atoms with Gasteiger partial charge in [-0.15, -0.1) is 11.3 Å². The van der Waals surface area contributed by atoms with Gasteiger partial charge in [-0.05, 0) is 25.5 Å². The van der Waals surface area contributed by atoms with Crippen LogP contribution >= 0.6 is 11.3 Å². The molecule has 106 valence electrons. The van der Waals surface area contributed by atoms with Gasteiger partial charge in [-0.2, -0.15) is 0 Å². The lowest BCUT2D eigenvalue weighted by Gasteiger charge is -2.11. The molecule has 1 unspecified atom stereocenters. The van der Waals surface area contributed by atoms with Crippen LogP contribution in [0.2, 0.25) is 0 Å². The number of rotatable bonds is 5. The summed E-state index contributed by atoms with van der Waals surface area (Å²) in [5.41, 5.74) is 1.28. The first kappa shape index (κ1) is 14.5. The number of anilines is 1. The second kappa shape index (κ2) is 6.47. The van der Waals surface area contributed by atoms with E-state index < -0.39 is 0 Å². The Balaban J connectivity index is 2.02. The van der Waals surface area contributed by atoms with Gasteiger partial charge in [-0.25, -0.2) is 9.97 Å². The molecule has 0 aromatic carbocycles. The van der Waals surface area contributed by atoms with Crippen LogP contribution in [-0.4, -0.2) is 22.9 Å². The predicted molar refractivity (Wildman–Crippen MR) is 81.2 cm³/mol. The maximum Gasteiger partial charge on any atom is 0.270 e. The summed E-state index contributed by atoms with van der Waals surface area (Å²) in [7, 11) is 1.81. The van der Waals surface area contributed by atoms with E-state index in [1.165, 1.54) is 4.88 Å². The van der Waals surface area contributed by atoms with E-state index in [0.717, 1.165) is 17.1 Å². The van der Waals surface area contributed by atoms with Gasteiger partial charge in [-0.1, -0.05) is 6.92 Å². The van der Waals surface area contributed by atoms with Crippen LogP contribution in [0.4, 0.5) is 5.69 Å². The largest absolute Gasteiger partial charge is 0.387 e. The van der Waals surface area contributed by atoms with Crippen LogP contribution in [0.5, 0.6) is 0 Å². The van der Waals surface area contributed by atoms with Crippen LogP contribution in [-0.2, 0) is 6.42 Å². The van der Waals surface area contributed by atoms with Crippen LogP contribution in [0.1, 0.15) is 40.3 Å². The topological polar surface area (TPSA) is 66.9 Å². The maximum absolute atomic E-state index is 12.1. The summed E-state index contributed by atoms with van der Waals surface area (Å²) >= 11 is 1.63. The Morgan fingerprint density at radius 3 is 2.70 bits per heavy atom. The molecule has 0 saturated carbocycles. The van der Waals surface area contributed by atoms with Gasteiger partial charge in [0, 0.05) is 18.1 Å². The Kier molecular flexibility index (Phi) is 4.68. The number of thiazole rings is 1. The molecule has 0 aliphatic rings. The average Bonchev–Trinajstić information content (AvgIpc) is 2.96. The molecule has 1 amide bonds. The lowest BCUT2D eigenvalue weighted by atomic mass is 10.3. The van der Waals surface area contributed by atoms with Gasteiger partial charge >= 0.3 is 0 Å². The molecule has 2 N–H and O–H groups in total. The van der Waals surface area contributed by atoms with Crippen molar-refractivity contribution in [2.24, 2.45) is 0 Å². The Morgan fingerprint density at radius 2 is 2.15 bits per heavy atom. The van der Waals surface area contributed by atoms with Crippen molar-refractivity contribution in [3.8, 4) is 0 Å². The number of carbonyl (C=O) groups excluding carboxylic acids is 1. The van der Waals surface area contributed by atoms with E-state index in [1.54, 1.807) is 23.6 Å². The third kappa shape index (κ3) is 3.33. The Labute approximate surface area is 122 Å². The molecule has 2 aromatic rings. The third-order valence-corrected chi connectivity index (χ3v) is 4.25. The summed E-state index contributed by atoms with van der Waals surface area (Å²) in [6, 6.07) is 3.41. The zero-order chi connectivity index (χ0) is 14.5. The van der Waals surface area contributed by atoms with E-state index in [9.17, 15) is 4.79 Å². The normalized spacial score (nSPS) is 11.9. The van der Waals surface area contributed by atoms with Crippen molar-refractivity contribution in [1.82, 2.24) is 15.3 Å². The number of amides is 1.